The topological polar surface area (TPSA) is 24.3 Å². The molecule has 2 aromatic heterocycles. The zero-order valence-electron chi connectivity index (χ0n) is 40.2. The van der Waals surface area contributed by atoms with Gasteiger partial charge in [0, 0.05) is 39.2 Å². The molecule has 0 N–H and O–H groups in total. The Hall–Kier alpha value is -6.91. The third-order valence-electron chi connectivity index (χ3n) is 10.7. The first kappa shape index (κ1) is 23.7. The molecule has 0 atom stereocenters. The molecule has 0 radical (unpaired) electrons. The molecule has 1 aliphatic heterocycles. The fraction of sp³-hybridized carbons (Fsp3) is 0.0784. The van der Waals surface area contributed by atoms with Gasteiger partial charge in [-0.15, -0.1) is 0 Å². The Morgan fingerprint density at radius 1 is 0.545 bits per heavy atom. The van der Waals surface area contributed by atoms with Crippen LogP contribution < -0.4 is 9.80 Å². The average molecular weight is 719 g/mol. The van der Waals surface area contributed by atoms with E-state index in [1.165, 1.54) is 0 Å². The molecule has 7 aromatic carbocycles. The Labute approximate surface area is 336 Å². The van der Waals surface area contributed by atoms with E-state index in [1.807, 2.05) is 65.6 Å². The average Bonchev–Trinajstić information content (AvgIpc) is 3.88. The molecule has 0 amide bonds. The lowest BCUT2D eigenvalue weighted by atomic mass is 9.77. The summed E-state index contributed by atoms with van der Waals surface area (Å²) in [6.07, 6.45) is 1.80. The molecule has 0 bridgehead atoms. The fourth-order valence-corrected chi connectivity index (χ4v) is 7.95. The van der Waals surface area contributed by atoms with E-state index in [4.69, 9.17) is 18.7 Å². The number of rotatable bonds is 7. The van der Waals surface area contributed by atoms with Gasteiger partial charge in [-0.3, -0.25) is 4.57 Å². The van der Waals surface area contributed by atoms with Crippen LogP contribution in [0.3, 0.4) is 0 Å². The zero-order chi connectivity index (χ0) is 45.6. The highest BCUT2D eigenvalue weighted by atomic mass is 15.4. The maximum atomic E-state index is 9.03. The molecule has 0 aliphatic carbocycles. The quantitative estimate of drug-likeness (QED) is 0.164. The van der Waals surface area contributed by atoms with E-state index in [0.29, 0.717) is 11.4 Å². The van der Waals surface area contributed by atoms with Gasteiger partial charge in [-0.05, 0) is 70.8 Å². The van der Waals surface area contributed by atoms with Crippen molar-refractivity contribution in [3.63, 3.8) is 0 Å². The molecule has 0 saturated carbocycles. The molecule has 0 spiro atoms. The van der Waals surface area contributed by atoms with Crippen molar-refractivity contribution in [3.8, 4) is 28.1 Å². The van der Waals surface area contributed by atoms with E-state index in [1.54, 1.807) is 24.4 Å². The summed E-state index contributed by atoms with van der Waals surface area (Å²) in [4.78, 5) is 8.79. The summed E-state index contributed by atoms with van der Waals surface area (Å²) in [5.74, 6) is 0.829. The molecule has 0 saturated heterocycles. The van der Waals surface area contributed by atoms with E-state index in [2.05, 4.69) is 71.8 Å². The van der Waals surface area contributed by atoms with Gasteiger partial charge in [-0.1, -0.05) is 153 Å². The second-order valence-corrected chi connectivity index (χ2v) is 14.1. The molecule has 55 heavy (non-hydrogen) atoms. The standard InChI is InChI=1S/C51H40N4/c1-51(2,39-30-31-44-43-23-9-10-26-45(43)55(48(44)34-39)49-29-13-14-32-52-49)38-21-15-22-40(33-38)53-35-54(47-28-12-11-27-46(47)53)50-41(36-17-5-3-6-18-36)24-16-25-42(50)37-19-7-4-8-20-37/h3-34H,35H2,1-2H3/i3D,4D,5D,6D,7D,8D,17D,18D,19D,20D. The van der Waals surface area contributed by atoms with E-state index >= 15 is 0 Å². The van der Waals surface area contributed by atoms with E-state index in [9.17, 15) is 0 Å². The van der Waals surface area contributed by atoms with Gasteiger partial charge < -0.3 is 9.80 Å². The third-order valence-corrected chi connectivity index (χ3v) is 10.7. The molecular formula is C51H40N4. The molecule has 264 valence electrons. The summed E-state index contributed by atoms with van der Waals surface area (Å²) < 4.78 is 89.3. The molecule has 0 unspecified atom stereocenters. The van der Waals surface area contributed by atoms with Crippen LogP contribution in [0.5, 0.6) is 0 Å². The number of anilines is 4. The number of pyridine rings is 1. The molecular weight excluding hydrogens is 669 g/mol. The van der Waals surface area contributed by atoms with Crippen LogP contribution in [0.2, 0.25) is 0 Å². The smallest absolute Gasteiger partial charge is 0.137 e. The summed E-state index contributed by atoms with van der Waals surface area (Å²) >= 11 is 0. The van der Waals surface area contributed by atoms with Gasteiger partial charge in [0.15, 0.2) is 0 Å². The van der Waals surface area contributed by atoms with Gasteiger partial charge in [0.05, 0.1) is 41.8 Å². The highest BCUT2D eigenvalue weighted by Gasteiger charge is 2.32. The molecule has 10 rings (SSSR count). The van der Waals surface area contributed by atoms with Crippen molar-refractivity contribution in [2.45, 2.75) is 19.3 Å². The van der Waals surface area contributed by atoms with Crippen LogP contribution in [0, 0.1) is 0 Å². The Morgan fingerprint density at radius 3 is 1.87 bits per heavy atom. The van der Waals surface area contributed by atoms with Crippen molar-refractivity contribution in [3.05, 3.63) is 205 Å². The Kier molecular flexibility index (Phi) is 5.68. The summed E-state index contributed by atoms with van der Waals surface area (Å²) in [7, 11) is 0. The van der Waals surface area contributed by atoms with Crippen LogP contribution in [0.1, 0.15) is 38.7 Å². The number of fused-ring (bicyclic) bond motifs is 4. The van der Waals surface area contributed by atoms with Crippen LogP contribution in [-0.2, 0) is 5.41 Å². The van der Waals surface area contributed by atoms with Gasteiger partial charge in [-0.25, -0.2) is 4.98 Å². The number of hydrogen-bond acceptors (Lipinski definition) is 3. The van der Waals surface area contributed by atoms with E-state index in [-0.39, 0.29) is 28.9 Å². The van der Waals surface area contributed by atoms with Gasteiger partial charge in [0.1, 0.15) is 12.5 Å². The van der Waals surface area contributed by atoms with Gasteiger partial charge >= 0.3 is 0 Å². The van der Waals surface area contributed by atoms with Crippen LogP contribution in [-0.4, -0.2) is 16.2 Å². The monoisotopic (exact) mass is 718 g/mol. The normalized spacial score (nSPS) is 15.3. The predicted molar refractivity (Wildman–Crippen MR) is 230 cm³/mol. The molecule has 4 heteroatoms. The molecule has 0 fully saturated rings. The van der Waals surface area contributed by atoms with E-state index < -0.39 is 65.8 Å². The van der Waals surface area contributed by atoms with Crippen LogP contribution in [0.4, 0.5) is 22.7 Å². The van der Waals surface area contributed by atoms with Gasteiger partial charge in [0.25, 0.3) is 0 Å². The van der Waals surface area contributed by atoms with Crippen molar-refractivity contribution in [2.75, 3.05) is 16.5 Å². The zero-order valence-corrected chi connectivity index (χ0v) is 30.2. The summed E-state index contributed by atoms with van der Waals surface area (Å²) in [6.45, 7) is 4.57. The highest BCUT2D eigenvalue weighted by molar-refractivity contribution is 6.09. The van der Waals surface area contributed by atoms with Gasteiger partial charge in [-0.2, -0.15) is 0 Å². The van der Waals surface area contributed by atoms with Gasteiger partial charge in [0.2, 0.25) is 0 Å². The number of para-hydroxylation sites is 4. The minimum Gasteiger partial charge on any atom is -0.321 e. The predicted octanol–water partition coefficient (Wildman–Crippen LogP) is 13.1. The maximum Gasteiger partial charge on any atom is 0.137 e. The Bertz CT molecular complexity index is 3280. The third kappa shape index (κ3) is 5.49. The molecule has 1 aliphatic rings. The number of aromatic nitrogens is 2. The van der Waals surface area contributed by atoms with Crippen molar-refractivity contribution in [1.82, 2.24) is 9.55 Å². The van der Waals surface area contributed by atoms with Crippen molar-refractivity contribution in [2.24, 2.45) is 0 Å². The number of hydrogen-bond donors (Lipinski definition) is 0. The highest BCUT2D eigenvalue weighted by Crippen LogP contribution is 2.50. The van der Waals surface area contributed by atoms with Crippen molar-refractivity contribution in [1.29, 1.82) is 0 Å². The number of nitrogens with zero attached hydrogens (tertiary/aromatic N) is 4. The Morgan fingerprint density at radius 2 is 1.16 bits per heavy atom. The minimum absolute atomic E-state index is 0.0704. The lowest BCUT2D eigenvalue weighted by Gasteiger charge is -2.29. The maximum absolute atomic E-state index is 9.03. The molecule has 4 nitrogen and oxygen atoms in total. The molecule has 3 heterocycles. The largest absolute Gasteiger partial charge is 0.321 e. The first-order chi connectivity index (χ1) is 31.2. The number of benzene rings is 7. The summed E-state index contributed by atoms with van der Waals surface area (Å²) in [6, 6.07) is 37.0. The van der Waals surface area contributed by atoms with Crippen LogP contribution >= 0.6 is 0 Å². The van der Waals surface area contributed by atoms with Crippen molar-refractivity contribution >= 4 is 44.6 Å². The second kappa shape index (κ2) is 13.2. The molecule has 9 aromatic rings. The first-order valence-electron chi connectivity index (χ1n) is 23.2. The lowest BCUT2D eigenvalue weighted by molar-refractivity contribution is 0.641. The summed E-state index contributed by atoms with van der Waals surface area (Å²) in [5.41, 5.74) is 6.83. The second-order valence-electron chi connectivity index (χ2n) is 14.1. The first-order valence-corrected chi connectivity index (χ1v) is 18.2. The Balaban J connectivity index is 1.13. The minimum atomic E-state index is -0.539. The fourth-order valence-electron chi connectivity index (χ4n) is 7.95. The van der Waals surface area contributed by atoms with Crippen LogP contribution in [0.25, 0.3) is 49.9 Å². The van der Waals surface area contributed by atoms with Crippen LogP contribution in [0.15, 0.2) is 194 Å². The SMILES string of the molecule is [2H]c1c([2H])c([2H])c(-c2cccc(-c3c([2H])c([2H])c([2H])c([2H])c3[2H])c2N2CN(c3cccc(C(C)(C)c4ccc5c6ccccc6n(-c6ccccn6)c5c4)c3)c3ccccc32)c([2H])c1[2H]. The summed E-state index contributed by atoms with van der Waals surface area (Å²) in [5, 5.41) is 2.26. The van der Waals surface area contributed by atoms with E-state index in [0.717, 1.165) is 50.1 Å². The van der Waals surface area contributed by atoms with Crippen molar-refractivity contribution < 1.29 is 13.7 Å². The lowest BCUT2D eigenvalue weighted by Crippen LogP contribution is -2.25.